The summed E-state index contributed by atoms with van der Waals surface area (Å²) in [5.74, 6) is 0. The normalized spacial score (nSPS) is 11.9. The molecule has 0 bridgehead atoms. The average Bonchev–Trinajstić information content (AvgIpc) is 1.64. The van der Waals surface area contributed by atoms with Gasteiger partial charge >= 0.3 is 0 Å². The molecule has 0 unspecified atom stereocenters. The molecule has 0 spiro atoms. The maximum absolute atomic E-state index is 3.83. The Balaban J connectivity index is 0.000000114. The number of hydrogen-bond donors (Lipinski definition) is 3. The van der Waals surface area contributed by atoms with Crippen molar-refractivity contribution in [1.82, 2.24) is 19.5 Å². The van der Waals surface area contributed by atoms with Gasteiger partial charge in [-0.25, -0.2) is 0 Å². The summed E-state index contributed by atoms with van der Waals surface area (Å²) < 4.78 is 3.76. The molecule has 0 aliphatic rings. The van der Waals surface area contributed by atoms with Crippen LogP contribution in [0.1, 0.15) is 0 Å². The second-order valence-corrected chi connectivity index (χ2v) is 24.6. The minimum absolute atomic E-state index is 1.16. The molecular weight excluding hydrogens is 1190 g/mol. The Morgan fingerprint density at radius 1 is 0.213 bits per heavy atom. The van der Waals surface area contributed by atoms with Crippen LogP contribution < -0.4 is 0 Å². The number of aromatic nitrogens is 4. The number of halogens is 1. The van der Waals surface area contributed by atoms with E-state index in [1.165, 1.54) is 178 Å². The molecule has 20 rings (SSSR count). The predicted molar refractivity (Wildman–Crippen MR) is 390 cm³/mol. The van der Waals surface area contributed by atoms with Crippen LogP contribution in [0.5, 0.6) is 0 Å². The highest BCUT2D eigenvalue weighted by Crippen LogP contribution is 2.51. The van der Waals surface area contributed by atoms with Gasteiger partial charge in [0.2, 0.25) is 0 Å². The van der Waals surface area contributed by atoms with Gasteiger partial charge in [0.15, 0.2) is 0 Å². The van der Waals surface area contributed by atoms with Crippen molar-refractivity contribution >= 4 is 174 Å². The Hall–Kier alpha value is -11.0. The van der Waals surface area contributed by atoms with Crippen molar-refractivity contribution < 1.29 is 0 Å². The first-order chi connectivity index (χ1) is 44.1. The van der Waals surface area contributed by atoms with Crippen molar-refractivity contribution in [2.75, 3.05) is 0 Å². The highest BCUT2D eigenvalue weighted by Gasteiger charge is 2.25. The molecule has 5 heteroatoms. The molecule has 20 aromatic rings. The number of nitrogens with zero attached hydrogens (tertiary/aromatic N) is 1. The number of hydrogen-bond acceptors (Lipinski definition) is 0. The zero-order valence-corrected chi connectivity index (χ0v) is 50.4. The second-order valence-electron chi connectivity index (χ2n) is 23.3. The lowest BCUT2D eigenvalue weighted by molar-refractivity contribution is 1.19. The van der Waals surface area contributed by atoms with Gasteiger partial charge in [0, 0.05) is 101 Å². The number of nitrogens with one attached hydrogen (secondary N) is 3. The minimum Gasteiger partial charge on any atom is -0.354 e. The molecule has 0 radical (unpaired) electrons. The average molecular weight is 1250 g/mol. The first-order valence-corrected chi connectivity index (χ1v) is 31.5. The number of benzene rings is 16. The summed E-state index contributed by atoms with van der Waals surface area (Å²) in [6, 6.07) is 109. The highest BCUT2D eigenvalue weighted by atomic mass is 127. The van der Waals surface area contributed by atoms with E-state index in [-0.39, 0.29) is 0 Å². The van der Waals surface area contributed by atoms with Crippen LogP contribution in [0.25, 0.3) is 180 Å². The van der Waals surface area contributed by atoms with E-state index in [0.717, 1.165) is 5.69 Å². The molecule has 0 saturated carbocycles. The third-order valence-electron chi connectivity index (χ3n) is 18.5. The van der Waals surface area contributed by atoms with Gasteiger partial charge in [-0.15, -0.1) is 0 Å². The van der Waals surface area contributed by atoms with Gasteiger partial charge in [0.1, 0.15) is 0 Å². The van der Waals surface area contributed by atoms with Gasteiger partial charge in [-0.05, 0) is 126 Å². The fourth-order valence-electron chi connectivity index (χ4n) is 14.8. The largest absolute Gasteiger partial charge is 0.354 e. The summed E-state index contributed by atoms with van der Waals surface area (Å²) in [5.41, 5.74) is 15.8. The Kier molecular flexibility index (Phi) is 11.9. The van der Waals surface area contributed by atoms with E-state index in [1.54, 1.807) is 0 Å². The van der Waals surface area contributed by atoms with Crippen LogP contribution in [0.15, 0.2) is 303 Å². The number of H-pyrrole nitrogens is 3. The summed E-state index contributed by atoms with van der Waals surface area (Å²) in [5, 5.41) is 25.9. The number of para-hydroxylation sites is 4. The standard InChI is InChI=1S/C42H26N2.C30H18N2.C12H9I/c1-2-12-26(13-3-1)27-22-24-28(25-23-27)44-36-21-11-9-19-34(36)39-40-37(30-15-5-7-17-32(30)42(39)44)29-14-4-6-16-31(29)41-38(40)33-18-8-10-20-35(33)43-41;1-3-11-19-17(9-1)25-18-10-2-4-12-20(18)30-27(22-14-6-8-16-24(22)32-30)28(25)26-21-13-5-7-15-23(21)31-29(19)26;13-12-8-6-11(7-9-12)10-4-2-1-3-5-10/h1-25,43H;1-16,31-32H;1-9H. The lowest BCUT2D eigenvalue weighted by Crippen LogP contribution is -1.95. The molecule has 4 aromatic heterocycles. The van der Waals surface area contributed by atoms with Crippen LogP contribution in [0.4, 0.5) is 0 Å². The lowest BCUT2D eigenvalue weighted by atomic mass is 9.89. The molecule has 16 aromatic carbocycles. The van der Waals surface area contributed by atoms with Gasteiger partial charge < -0.3 is 19.5 Å². The van der Waals surface area contributed by atoms with E-state index >= 15 is 0 Å². The topological polar surface area (TPSA) is 52.3 Å². The van der Waals surface area contributed by atoms with Crippen LogP contribution in [0.2, 0.25) is 0 Å². The van der Waals surface area contributed by atoms with Gasteiger partial charge in [0.05, 0.1) is 27.6 Å². The smallest absolute Gasteiger partial charge is 0.0626 e. The van der Waals surface area contributed by atoms with Crippen molar-refractivity contribution in [2.45, 2.75) is 0 Å². The molecule has 416 valence electrons. The van der Waals surface area contributed by atoms with Crippen molar-refractivity contribution in [3.8, 4) is 27.9 Å². The molecule has 4 heterocycles. The molecule has 3 N–H and O–H groups in total. The molecule has 0 aliphatic heterocycles. The summed E-state index contributed by atoms with van der Waals surface area (Å²) >= 11 is 2.32. The maximum atomic E-state index is 3.83. The van der Waals surface area contributed by atoms with Crippen molar-refractivity contribution in [2.24, 2.45) is 0 Å². The highest BCUT2D eigenvalue weighted by molar-refractivity contribution is 14.1. The first kappa shape index (κ1) is 51.3. The van der Waals surface area contributed by atoms with E-state index in [0.29, 0.717) is 0 Å². The van der Waals surface area contributed by atoms with Gasteiger partial charge in [-0.2, -0.15) is 0 Å². The summed E-state index contributed by atoms with van der Waals surface area (Å²) in [6.07, 6.45) is 0. The molecule has 0 atom stereocenters. The van der Waals surface area contributed by atoms with Crippen molar-refractivity contribution in [1.29, 1.82) is 0 Å². The molecule has 0 fully saturated rings. The maximum Gasteiger partial charge on any atom is 0.0626 e. The zero-order chi connectivity index (χ0) is 58.7. The van der Waals surface area contributed by atoms with Crippen LogP contribution in [0, 0.1) is 3.57 Å². The molecule has 0 aliphatic carbocycles. The fourth-order valence-corrected chi connectivity index (χ4v) is 15.1. The van der Waals surface area contributed by atoms with E-state index in [9.17, 15) is 0 Å². The molecular formula is C84H53IN4. The fraction of sp³-hybridized carbons (Fsp3) is 0. The van der Waals surface area contributed by atoms with E-state index in [1.807, 2.05) is 6.07 Å². The van der Waals surface area contributed by atoms with Crippen LogP contribution in [-0.2, 0) is 0 Å². The van der Waals surface area contributed by atoms with E-state index < -0.39 is 0 Å². The van der Waals surface area contributed by atoms with E-state index in [4.69, 9.17) is 0 Å². The summed E-state index contributed by atoms with van der Waals surface area (Å²) in [6.45, 7) is 0. The van der Waals surface area contributed by atoms with Crippen molar-refractivity contribution in [3.05, 3.63) is 307 Å². The van der Waals surface area contributed by atoms with E-state index in [2.05, 4.69) is 339 Å². The van der Waals surface area contributed by atoms with Crippen molar-refractivity contribution in [3.63, 3.8) is 0 Å². The summed E-state index contributed by atoms with van der Waals surface area (Å²) in [4.78, 5) is 11.3. The Morgan fingerprint density at radius 2 is 0.517 bits per heavy atom. The first-order valence-electron chi connectivity index (χ1n) is 30.4. The lowest BCUT2D eigenvalue weighted by Gasteiger charge is -2.15. The Morgan fingerprint density at radius 3 is 0.944 bits per heavy atom. The SMILES string of the molecule is Ic1ccc(-c2ccccc2)cc1.c1ccc(-c2ccc(-n3c4ccccc4c4c5c(c6ccccc6c6[nH]c7ccccc7c65)c5ccccc5c43)cc2)cc1.c1ccc2c(c1)[nH]c1c3ccccc3c3c4ccccc4c4[nH]c5ccccc5c4c3c21. The third kappa shape index (κ3) is 7.98. The van der Waals surface area contributed by atoms with Crippen LogP contribution in [-0.4, -0.2) is 19.5 Å². The third-order valence-corrected chi connectivity index (χ3v) is 19.2. The molecule has 4 nitrogen and oxygen atoms in total. The Labute approximate surface area is 525 Å². The summed E-state index contributed by atoms with van der Waals surface area (Å²) in [7, 11) is 0. The monoisotopic (exact) mass is 1240 g/mol. The van der Waals surface area contributed by atoms with Gasteiger partial charge in [0.25, 0.3) is 0 Å². The van der Waals surface area contributed by atoms with Crippen LogP contribution >= 0.6 is 22.6 Å². The predicted octanol–water partition coefficient (Wildman–Crippen LogP) is 23.9. The van der Waals surface area contributed by atoms with Gasteiger partial charge in [-0.3, -0.25) is 0 Å². The minimum atomic E-state index is 1.16. The number of rotatable bonds is 3. The van der Waals surface area contributed by atoms with Gasteiger partial charge in [-0.1, -0.05) is 255 Å². The van der Waals surface area contributed by atoms with Crippen LogP contribution in [0.3, 0.4) is 0 Å². The molecule has 0 amide bonds. The Bertz CT molecular complexity index is 6060. The number of aromatic amines is 3. The quantitative estimate of drug-likeness (QED) is 0.117. The second kappa shape index (κ2) is 20.6. The zero-order valence-electron chi connectivity index (χ0n) is 48.2. The number of fused-ring (bicyclic) bond motifs is 30. The molecule has 89 heavy (non-hydrogen) atoms. The molecule has 0 saturated heterocycles.